The van der Waals surface area contributed by atoms with E-state index in [1.165, 1.54) is 0 Å². The number of aliphatic hydroxyl groups is 1. The molecule has 0 saturated carbocycles. The molecule has 20 heavy (non-hydrogen) atoms. The summed E-state index contributed by atoms with van der Waals surface area (Å²) in [5.74, 6) is 0.697. The van der Waals surface area contributed by atoms with Crippen LogP contribution in [-0.4, -0.2) is 27.6 Å². The normalized spacial score (nSPS) is 12.4. The van der Waals surface area contributed by atoms with Crippen LogP contribution in [0.2, 0.25) is 0 Å². The van der Waals surface area contributed by atoms with Gasteiger partial charge in [0.1, 0.15) is 18.5 Å². The Balaban J connectivity index is 1.90. The lowest BCUT2D eigenvalue weighted by Gasteiger charge is -2.13. The maximum Gasteiger partial charge on any atom is 0.119 e. The summed E-state index contributed by atoms with van der Waals surface area (Å²) in [4.78, 5) is 0. The van der Waals surface area contributed by atoms with Crippen LogP contribution >= 0.6 is 0 Å². The first-order valence-corrected chi connectivity index (χ1v) is 6.64. The molecule has 1 atom stereocenters. The number of aryl methyl sites for hydroxylation is 1. The summed E-state index contributed by atoms with van der Waals surface area (Å²) in [6.07, 6.45) is -0.607. The van der Waals surface area contributed by atoms with E-state index in [0.717, 1.165) is 17.0 Å². The molecule has 108 valence electrons. The van der Waals surface area contributed by atoms with Crippen molar-refractivity contribution in [3.63, 3.8) is 0 Å². The molecule has 1 aromatic heterocycles. The van der Waals surface area contributed by atoms with Gasteiger partial charge in [0.05, 0.1) is 12.2 Å². The Morgan fingerprint density at radius 2 is 1.90 bits per heavy atom. The Morgan fingerprint density at radius 3 is 2.45 bits per heavy atom. The molecule has 0 radical (unpaired) electrons. The third-order valence-electron chi connectivity index (χ3n) is 3.45. The van der Waals surface area contributed by atoms with Gasteiger partial charge in [0.25, 0.3) is 0 Å². The molecule has 0 fully saturated rings. The van der Waals surface area contributed by atoms with Gasteiger partial charge in [-0.15, -0.1) is 0 Å². The highest BCUT2D eigenvalue weighted by molar-refractivity contribution is 5.41. The van der Waals surface area contributed by atoms with Crippen molar-refractivity contribution in [3.8, 4) is 5.75 Å². The lowest BCUT2D eigenvalue weighted by atomic mass is 10.2. The number of aromatic nitrogens is 2. The van der Waals surface area contributed by atoms with E-state index in [2.05, 4.69) is 5.10 Å². The number of hydrogen-bond donors (Lipinski definition) is 2. The van der Waals surface area contributed by atoms with Gasteiger partial charge in [0.2, 0.25) is 0 Å². The van der Waals surface area contributed by atoms with Crippen LogP contribution < -0.4 is 10.5 Å². The Labute approximate surface area is 119 Å². The number of ether oxygens (including phenoxy) is 1. The van der Waals surface area contributed by atoms with Crippen LogP contribution in [0.15, 0.2) is 24.3 Å². The fourth-order valence-corrected chi connectivity index (χ4v) is 1.97. The standard InChI is InChI=1S/C15H21N3O2/c1-10-11(2)17-18(12(10)3)8-14(19)9-20-15-6-4-13(16)5-7-15/h4-7,14,19H,8-9,16H2,1-3H3. The molecule has 1 unspecified atom stereocenters. The van der Waals surface area contributed by atoms with E-state index in [1.54, 1.807) is 24.3 Å². The summed E-state index contributed by atoms with van der Waals surface area (Å²) in [6, 6.07) is 7.11. The van der Waals surface area contributed by atoms with Crippen molar-refractivity contribution >= 4 is 5.69 Å². The highest BCUT2D eigenvalue weighted by atomic mass is 16.5. The van der Waals surface area contributed by atoms with Crippen molar-refractivity contribution in [2.45, 2.75) is 33.4 Å². The molecule has 0 spiro atoms. The number of nitrogens with two attached hydrogens (primary N) is 1. The zero-order valence-electron chi connectivity index (χ0n) is 12.1. The number of aliphatic hydroxyl groups excluding tert-OH is 1. The molecule has 5 heteroatoms. The first-order valence-electron chi connectivity index (χ1n) is 6.64. The Hall–Kier alpha value is -2.01. The van der Waals surface area contributed by atoms with Crippen LogP contribution in [0, 0.1) is 20.8 Å². The third-order valence-corrected chi connectivity index (χ3v) is 3.45. The van der Waals surface area contributed by atoms with Crippen molar-refractivity contribution < 1.29 is 9.84 Å². The molecule has 0 amide bonds. The third kappa shape index (κ3) is 3.30. The van der Waals surface area contributed by atoms with Gasteiger partial charge in [-0.1, -0.05) is 0 Å². The molecule has 0 aliphatic heterocycles. The van der Waals surface area contributed by atoms with E-state index < -0.39 is 6.10 Å². The zero-order chi connectivity index (χ0) is 14.7. The number of anilines is 1. The summed E-state index contributed by atoms with van der Waals surface area (Å²) in [5, 5.41) is 14.4. The Morgan fingerprint density at radius 1 is 1.25 bits per heavy atom. The average molecular weight is 275 g/mol. The van der Waals surface area contributed by atoms with Crippen LogP contribution in [0.1, 0.15) is 17.0 Å². The van der Waals surface area contributed by atoms with Crippen LogP contribution in [0.3, 0.4) is 0 Å². The number of nitrogen functional groups attached to an aromatic ring is 1. The summed E-state index contributed by atoms with van der Waals surface area (Å²) in [5.41, 5.74) is 9.53. The van der Waals surface area contributed by atoms with Crippen molar-refractivity contribution in [1.29, 1.82) is 0 Å². The van der Waals surface area contributed by atoms with Gasteiger partial charge in [-0.3, -0.25) is 4.68 Å². The summed E-state index contributed by atoms with van der Waals surface area (Å²) in [7, 11) is 0. The largest absolute Gasteiger partial charge is 0.491 e. The minimum absolute atomic E-state index is 0.224. The van der Waals surface area contributed by atoms with Gasteiger partial charge in [-0.2, -0.15) is 5.10 Å². The number of nitrogens with zero attached hydrogens (tertiary/aromatic N) is 2. The molecule has 0 aliphatic carbocycles. The van der Waals surface area contributed by atoms with E-state index in [0.29, 0.717) is 18.0 Å². The molecular formula is C15H21N3O2. The van der Waals surface area contributed by atoms with Gasteiger partial charge < -0.3 is 15.6 Å². The first-order chi connectivity index (χ1) is 9.47. The predicted molar refractivity (Wildman–Crippen MR) is 78.8 cm³/mol. The minimum atomic E-state index is -0.607. The Bertz CT molecular complexity index is 576. The number of rotatable bonds is 5. The van der Waals surface area contributed by atoms with Crippen LogP contribution in [0.25, 0.3) is 0 Å². The molecular weight excluding hydrogens is 254 g/mol. The maximum absolute atomic E-state index is 10.0. The summed E-state index contributed by atoms with van der Waals surface area (Å²) < 4.78 is 7.35. The van der Waals surface area contributed by atoms with Gasteiger partial charge in [-0.25, -0.2) is 0 Å². The van der Waals surface area contributed by atoms with E-state index in [9.17, 15) is 5.11 Å². The molecule has 5 nitrogen and oxygen atoms in total. The quantitative estimate of drug-likeness (QED) is 0.816. The molecule has 0 aliphatic rings. The van der Waals surface area contributed by atoms with Crippen molar-refractivity contribution in [2.75, 3.05) is 12.3 Å². The van der Waals surface area contributed by atoms with E-state index in [-0.39, 0.29) is 6.61 Å². The van der Waals surface area contributed by atoms with Gasteiger partial charge in [0, 0.05) is 11.4 Å². The lowest BCUT2D eigenvalue weighted by Crippen LogP contribution is -2.24. The van der Waals surface area contributed by atoms with E-state index in [1.807, 2.05) is 25.5 Å². The maximum atomic E-state index is 10.0. The number of hydrogen-bond acceptors (Lipinski definition) is 4. The second kappa shape index (κ2) is 5.96. The summed E-state index contributed by atoms with van der Waals surface area (Å²) in [6.45, 7) is 6.65. The second-order valence-corrected chi connectivity index (χ2v) is 5.01. The second-order valence-electron chi connectivity index (χ2n) is 5.01. The Kier molecular flexibility index (Phi) is 4.29. The van der Waals surface area contributed by atoms with Gasteiger partial charge in [-0.05, 0) is 50.6 Å². The van der Waals surface area contributed by atoms with Crippen molar-refractivity contribution in [3.05, 3.63) is 41.2 Å². The van der Waals surface area contributed by atoms with Crippen LogP contribution in [0.5, 0.6) is 5.75 Å². The van der Waals surface area contributed by atoms with E-state index in [4.69, 9.17) is 10.5 Å². The highest BCUT2D eigenvalue weighted by Gasteiger charge is 2.12. The average Bonchev–Trinajstić information content (AvgIpc) is 2.66. The summed E-state index contributed by atoms with van der Waals surface area (Å²) >= 11 is 0. The molecule has 0 bridgehead atoms. The SMILES string of the molecule is Cc1nn(CC(O)COc2ccc(N)cc2)c(C)c1C. The molecule has 3 N–H and O–H groups in total. The van der Waals surface area contributed by atoms with E-state index >= 15 is 0 Å². The smallest absolute Gasteiger partial charge is 0.119 e. The van der Waals surface area contributed by atoms with Crippen LogP contribution in [0.4, 0.5) is 5.69 Å². The zero-order valence-corrected chi connectivity index (χ0v) is 12.1. The molecule has 2 rings (SSSR count). The van der Waals surface area contributed by atoms with Crippen LogP contribution in [-0.2, 0) is 6.54 Å². The minimum Gasteiger partial charge on any atom is -0.491 e. The van der Waals surface area contributed by atoms with Gasteiger partial charge >= 0.3 is 0 Å². The van der Waals surface area contributed by atoms with Crippen molar-refractivity contribution in [2.24, 2.45) is 0 Å². The topological polar surface area (TPSA) is 73.3 Å². The lowest BCUT2D eigenvalue weighted by molar-refractivity contribution is 0.0887. The fraction of sp³-hybridized carbons (Fsp3) is 0.400. The molecule has 2 aromatic rings. The van der Waals surface area contributed by atoms with Gasteiger partial charge in [0.15, 0.2) is 0 Å². The van der Waals surface area contributed by atoms with Crippen molar-refractivity contribution in [1.82, 2.24) is 9.78 Å². The monoisotopic (exact) mass is 275 g/mol. The fourth-order valence-electron chi connectivity index (χ4n) is 1.97. The predicted octanol–water partition coefficient (Wildman–Crippen LogP) is 1.83. The highest BCUT2D eigenvalue weighted by Crippen LogP contribution is 2.14. The number of benzene rings is 1. The molecule has 0 saturated heterocycles. The molecule has 1 aromatic carbocycles. The first kappa shape index (κ1) is 14.4. The molecule has 1 heterocycles.